The number of hydrogen-bond acceptors (Lipinski definition) is 3. The van der Waals surface area contributed by atoms with Crippen molar-refractivity contribution in [2.75, 3.05) is 5.32 Å². The minimum atomic E-state index is -4.57. The lowest BCUT2D eigenvalue weighted by Gasteiger charge is -2.12. The molecule has 0 saturated carbocycles. The Labute approximate surface area is 130 Å². The molecule has 112 valence electrons. The third-order valence-corrected chi connectivity index (χ3v) is 4.35. The second-order valence-corrected chi connectivity index (χ2v) is 6.06. The van der Waals surface area contributed by atoms with Crippen LogP contribution < -0.4 is 5.32 Å². The predicted molar refractivity (Wildman–Crippen MR) is 77.7 cm³/mol. The van der Waals surface area contributed by atoms with Crippen molar-refractivity contribution in [1.29, 1.82) is 0 Å². The summed E-state index contributed by atoms with van der Waals surface area (Å²) in [6.45, 7) is 0.335. The maximum absolute atomic E-state index is 12.6. The van der Waals surface area contributed by atoms with E-state index in [1.807, 2.05) is 11.4 Å². The van der Waals surface area contributed by atoms with Crippen molar-refractivity contribution in [3.05, 3.63) is 50.1 Å². The number of aromatic carboxylic acids is 1. The van der Waals surface area contributed by atoms with Crippen LogP contribution in [0.15, 0.2) is 34.1 Å². The summed E-state index contributed by atoms with van der Waals surface area (Å²) in [5, 5.41) is 13.8. The van der Waals surface area contributed by atoms with E-state index in [1.54, 1.807) is 0 Å². The topological polar surface area (TPSA) is 49.3 Å². The highest BCUT2D eigenvalue weighted by Crippen LogP contribution is 2.32. The highest BCUT2D eigenvalue weighted by atomic mass is 79.9. The molecule has 0 amide bonds. The van der Waals surface area contributed by atoms with E-state index < -0.39 is 23.3 Å². The zero-order chi connectivity index (χ0) is 15.6. The zero-order valence-corrected chi connectivity index (χ0v) is 12.8. The van der Waals surface area contributed by atoms with Gasteiger partial charge in [-0.05, 0) is 40.2 Å². The lowest BCUT2D eigenvalue weighted by Crippen LogP contribution is -2.10. The second-order valence-electron chi connectivity index (χ2n) is 4.15. The van der Waals surface area contributed by atoms with Crippen molar-refractivity contribution >= 4 is 38.9 Å². The molecular formula is C13H9BrF3NO2S. The molecular weight excluding hydrogens is 371 g/mol. The SMILES string of the molecule is O=C(O)c1cc(C(F)(F)F)ccc1NCc1cc(Br)cs1. The number of anilines is 1. The molecule has 3 nitrogen and oxygen atoms in total. The lowest BCUT2D eigenvalue weighted by molar-refractivity contribution is -0.137. The standard InChI is InChI=1S/C13H9BrF3NO2S/c14-8-4-9(21-6-8)5-18-11-2-1-7(13(15,16)17)3-10(11)12(19)20/h1-4,6,18H,5H2,(H,19,20). The first-order chi connectivity index (χ1) is 9.77. The van der Waals surface area contributed by atoms with Crippen LogP contribution in [0.4, 0.5) is 18.9 Å². The largest absolute Gasteiger partial charge is 0.478 e. The summed E-state index contributed by atoms with van der Waals surface area (Å²) in [6, 6.07) is 4.48. The number of thiophene rings is 1. The van der Waals surface area contributed by atoms with Gasteiger partial charge in [-0.15, -0.1) is 11.3 Å². The molecule has 0 aliphatic rings. The molecule has 0 fully saturated rings. The van der Waals surface area contributed by atoms with E-state index >= 15 is 0 Å². The van der Waals surface area contributed by atoms with Crippen molar-refractivity contribution in [1.82, 2.24) is 0 Å². The maximum atomic E-state index is 12.6. The van der Waals surface area contributed by atoms with Crippen molar-refractivity contribution in [3.8, 4) is 0 Å². The minimum Gasteiger partial charge on any atom is -0.478 e. The van der Waals surface area contributed by atoms with Gasteiger partial charge in [0, 0.05) is 27.0 Å². The van der Waals surface area contributed by atoms with Gasteiger partial charge in [0.1, 0.15) is 0 Å². The van der Waals surface area contributed by atoms with E-state index in [1.165, 1.54) is 11.3 Å². The van der Waals surface area contributed by atoms with Gasteiger partial charge in [-0.1, -0.05) is 0 Å². The molecule has 8 heteroatoms. The Kier molecular flexibility index (Phi) is 4.58. The fraction of sp³-hybridized carbons (Fsp3) is 0.154. The third-order valence-electron chi connectivity index (χ3n) is 2.65. The van der Waals surface area contributed by atoms with Crippen LogP contribution in [0.2, 0.25) is 0 Å². The van der Waals surface area contributed by atoms with E-state index in [2.05, 4.69) is 21.2 Å². The monoisotopic (exact) mass is 379 g/mol. The van der Waals surface area contributed by atoms with Gasteiger partial charge in [-0.2, -0.15) is 13.2 Å². The number of carboxylic acids is 1. The molecule has 1 aromatic heterocycles. The third kappa shape index (κ3) is 3.98. The van der Waals surface area contributed by atoms with Crippen LogP contribution in [0, 0.1) is 0 Å². The van der Waals surface area contributed by atoms with E-state index in [9.17, 15) is 18.0 Å². The number of benzene rings is 1. The fourth-order valence-electron chi connectivity index (χ4n) is 1.68. The van der Waals surface area contributed by atoms with Gasteiger partial charge >= 0.3 is 12.1 Å². The van der Waals surface area contributed by atoms with Gasteiger partial charge in [0.05, 0.1) is 11.1 Å². The molecule has 0 unspecified atom stereocenters. The fourth-order valence-corrected chi connectivity index (χ4v) is 3.07. The summed E-state index contributed by atoms with van der Waals surface area (Å²) in [5.74, 6) is -1.41. The van der Waals surface area contributed by atoms with E-state index in [0.29, 0.717) is 12.6 Å². The van der Waals surface area contributed by atoms with E-state index in [0.717, 1.165) is 21.5 Å². The minimum absolute atomic E-state index is 0.153. The van der Waals surface area contributed by atoms with Crippen LogP contribution in [0.3, 0.4) is 0 Å². The summed E-state index contributed by atoms with van der Waals surface area (Å²) < 4.78 is 38.7. The highest BCUT2D eigenvalue weighted by Gasteiger charge is 2.31. The van der Waals surface area contributed by atoms with Crippen molar-refractivity contribution in [3.63, 3.8) is 0 Å². The molecule has 0 aliphatic heterocycles. The molecule has 2 aromatic rings. The van der Waals surface area contributed by atoms with Crippen molar-refractivity contribution < 1.29 is 23.1 Å². The number of rotatable bonds is 4. The Bertz CT molecular complexity index is 670. The molecule has 2 rings (SSSR count). The molecule has 0 atom stereocenters. The van der Waals surface area contributed by atoms with Gasteiger partial charge < -0.3 is 10.4 Å². The quantitative estimate of drug-likeness (QED) is 0.798. The highest BCUT2D eigenvalue weighted by molar-refractivity contribution is 9.10. The smallest absolute Gasteiger partial charge is 0.416 e. The van der Waals surface area contributed by atoms with Crippen LogP contribution in [0.1, 0.15) is 20.8 Å². The summed E-state index contributed by atoms with van der Waals surface area (Å²) in [7, 11) is 0. The van der Waals surface area contributed by atoms with Crippen LogP contribution >= 0.6 is 27.3 Å². The van der Waals surface area contributed by atoms with Gasteiger partial charge in [-0.3, -0.25) is 0 Å². The van der Waals surface area contributed by atoms with Gasteiger partial charge in [0.15, 0.2) is 0 Å². The normalized spacial score (nSPS) is 11.4. The first-order valence-corrected chi connectivity index (χ1v) is 7.36. The Hall–Kier alpha value is -1.54. The summed E-state index contributed by atoms with van der Waals surface area (Å²) >= 11 is 4.74. The molecule has 21 heavy (non-hydrogen) atoms. The molecule has 0 spiro atoms. The second kappa shape index (κ2) is 6.07. The molecule has 1 heterocycles. The molecule has 0 radical (unpaired) electrons. The van der Waals surface area contributed by atoms with E-state index in [-0.39, 0.29) is 5.69 Å². The van der Waals surface area contributed by atoms with Crippen LogP contribution in [-0.4, -0.2) is 11.1 Å². The van der Waals surface area contributed by atoms with Crippen LogP contribution in [0.5, 0.6) is 0 Å². The van der Waals surface area contributed by atoms with Crippen molar-refractivity contribution in [2.45, 2.75) is 12.7 Å². The molecule has 0 aliphatic carbocycles. The summed E-state index contributed by atoms with van der Waals surface area (Å²) in [6.07, 6.45) is -4.57. The van der Waals surface area contributed by atoms with Crippen molar-refractivity contribution in [2.24, 2.45) is 0 Å². The Morgan fingerprint density at radius 1 is 1.33 bits per heavy atom. The number of carbonyl (C=O) groups is 1. The Balaban J connectivity index is 2.24. The first-order valence-electron chi connectivity index (χ1n) is 5.68. The number of nitrogens with one attached hydrogen (secondary N) is 1. The number of hydrogen-bond donors (Lipinski definition) is 2. The zero-order valence-electron chi connectivity index (χ0n) is 10.4. The maximum Gasteiger partial charge on any atom is 0.416 e. The average Bonchev–Trinajstić information content (AvgIpc) is 2.80. The average molecular weight is 380 g/mol. The van der Waals surface area contributed by atoms with E-state index in [4.69, 9.17) is 5.11 Å². The van der Waals surface area contributed by atoms with Crippen LogP contribution in [-0.2, 0) is 12.7 Å². The first kappa shape index (κ1) is 15.8. The lowest BCUT2D eigenvalue weighted by atomic mass is 10.1. The Morgan fingerprint density at radius 3 is 2.57 bits per heavy atom. The molecule has 2 N–H and O–H groups in total. The van der Waals surface area contributed by atoms with Gasteiger partial charge in [0.2, 0.25) is 0 Å². The number of alkyl halides is 3. The Morgan fingerprint density at radius 2 is 2.05 bits per heavy atom. The molecule has 1 aromatic carbocycles. The van der Waals surface area contributed by atoms with Gasteiger partial charge in [-0.25, -0.2) is 4.79 Å². The number of carboxylic acid groups (broad SMARTS) is 1. The molecule has 0 saturated heterocycles. The predicted octanol–water partition coefficient (Wildman–Crippen LogP) is 4.84. The summed E-state index contributed by atoms with van der Waals surface area (Å²) in [5.41, 5.74) is -1.23. The number of halogens is 4. The molecule has 0 bridgehead atoms. The van der Waals surface area contributed by atoms with Gasteiger partial charge in [0.25, 0.3) is 0 Å². The summed E-state index contributed by atoms with van der Waals surface area (Å²) in [4.78, 5) is 12.0. The van der Waals surface area contributed by atoms with Crippen LogP contribution in [0.25, 0.3) is 0 Å².